The Balaban J connectivity index is 1.71. The highest BCUT2D eigenvalue weighted by atomic mass is 32.2. The molecule has 172 valence electrons. The molecule has 2 aromatic heterocycles. The van der Waals surface area contributed by atoms with E-state index in [1.807, 2.05) is 29.0 Å². The number of amides is 1. The van der Waals surface area contributed by atoms with E-state index >= 15 is 0 Å². The largest absolute Gasteiger partial charge is 0.489 e. The summed E-state index contributed by atoms with van der Waals surface area (Å²) in [5.74, 6) is 0.285. The van der Waals surface area contributed by atoms with Crippen molar-refractivity contribution in [3.05, 3.63) is 41.3 Å². The van der Waals surface area contributed by atoms with Crippen LogP contribution in [0.5, 0.6) is 5.75 Å². The van der Waals surface area contributed by atoms with Crippen LogP contribution in [0.3, 0.4) is 0 Å². The molecule has 0 fully saturated rings. The van der Waals surface area contributed by atoms with Crippen LogP contribution in [0.1, 0.15) is 12.5 Å². The first-order valence-corrected chi connectivity index (χ1v) is 11.4. The molecule has 0 unspecified atom stereocenters. The van der Waals surface area contributed by atoms with Gasteiger partial charge in [0, 0.05) is 13.7 Å². The summed E-state index contributed by atoms with van der Waals surface area (Å²) in [5.41, 5.74) is -0.941. The second-order valence-electron chi connectivity index (χ2n) is 6.41. The maximum absolute atomic E-state index is 13.1. The molecule has 3 aromatic rings. The van der Waals surface area contributed by atoms with Gasteiger partial charge in [0.15, 0.2) is 11.0 Å². The van der Waals surface area contributed by atoms with Crippen LogP contribution in [0.15, 0.2) is 40.9 Å². The summed E-state index contributed by atoms with van der Waals surface area (Å²) in [4.78, 5) is 13.5. The number of thioether (sulfide) groups is 1. The number of hydrogen-bond acceptors (Lipinski definition) is 7. The number of thiophene rings is 1. The zero-order valence-corrected chi connectivity index (χ0v) is 18.9. The third-order valence-corrected chi connectivity index (χ3v) is 6.07. The molecule has 2 heterocycles. The van der Waals surface area contributed by atoms with Crippen molar-refractivity contribution < 1.29 is 27.4 Å². The number of halogens is 3. The quantitative estimate of drug-likeness (QED) is 0.328. The molecule has 12 heteroatoms. The van der Waals surface area contributed by atoms with Gasteiger partial charge in [-0.25, -0.2) is 0 Å². The van der Waals surface area contributed by atoms with Crippen molar-refractivity contribution in [2.75, 3.05) is 31.4 Å². The predicted molar refractivity (Wildman–Crippen MR) is 117 cm³/mol. The van der Waals surface area contributed by atoms with Crippen LogP contribution >= 0.6 is 23.1 Å². The minimum atomic E-state index is -4.55. The highest BCUT2D eigenvalue weighted by Gasteiger charge is 2.31. The summed E-state index contributed by atoms with van der Waals surface area (Å²) in [6.07, 6.45) is -4.55. The van der Waals surface area contributed by atoms with Gasteiger partial charge in [0.05, 0.1) is 28.5 Å². The van der Waals surface area contributed by atoms with Crippen molar-refractivity contribution in [3.8, 4) is 16.5 Å². The van der Waals surface area contributed by atoms with Gasteiger partial charge in [-0.3, -0.25) is 4.79 Å². The van der Waals surface area contributed by atoms with E-state index in [-0.39, 0.29) is 30.4 Å². The number of carbonyl (C=O) groups is 1. The van der Waals surface area contributed by atoms with Crippen molar-refractivity contribution in [1.82, 2.24) is 14.8 Å². The molecule has 0 aliphatic rings. The Labute approximate surface area is 190 Å². The Morgan fingerprint density at radius 2 is 2.06 bits per heavy atom. The lowest BCUT2D eigenvalue weighted by Crippen LogP contribution is -2.17. The minimum absolute atomic E-state index is 0.0576. The number of hydrogen-bond donors (Lipinski definition) is 1. The number of methoxy groups -OCH3 is 1. The van der Waals surface area contributed by atoms with Crippen LogP contribution in [-0.2, 0) is 22.3 Å². The average Bonchev–Trinajstić information content (AvgIpc) is 3.42. The molecule has 3 rings (SSSR count). The average molecular weight is 487 g/mol. The molecule has 1 N–H and O–H groups in total. The molecule has 0 atom stereocenters. The molecule has 7 nitrogen and oxygen atoms in total. The summed E-state index contributed by atoms with van der Waals surface area (Å²) < 4.78 is 51.6. The topological polar surface area (TPSA) is 78.3 Å². The minimum Gasteiger partial charge on any atom is -0.489 e. The van der Waals surface area contributed by atoms with Gasteiger partial charge in [0.25, 0.3) is 0 Å². The van der Waals surface area contributed by atoms with Crippen LogP contribution in [0.25, 0.3) is 10.7 Å². The number of rotatable bonds is 10. The summed E-state index contributed by atoms with van der Waals surface area (Å²) in [6, 6.07) is 6.79. The molecule has 1 amide bonds. The second kappa shape index (κ2) is 10.8. The summed E-state index contributed by atoms with van der Waals surface area (Å²) >= 11 is 2.68. The van der Waals surface area contributed by atoms with Gasteiger partial charge in [0.2, 0.25) is 5.91 Å². The Hall–Kier alpha value is -2.57. The number of nitrogens with zero attached hydrogens (tertiary/aromatic N) is 3. The highest BCUT2D eigenvalue weighted by molar-refractivity contribution is 7.99. The van der Waals surface area contributed by atoms with Crippen molar-refractivity contribution in [1.29, 1.82) is 0 Å². The number of carbonyl (C=O) groups excluding carboxylic acids is 1. The van der Waals surface area contributed by atoms with Crippen LogP contribution in [0.2, 0.25) is 0 Å². The highest BCUT2D eigenvalue weighted by Crippen LogP contribution is 2.35. The summed E-state index contributed by atoms with van der Waals surface area (Å²) in [5, 5.41) is 13.3. The summed E-state index contributed by atoms with van der Waals surface area (Å²) in [6.45, 7) is 2.93. The molecule has 0 saturated heterocycles. The SMILES string of the molecule is CCn1c(SCC(=O)Nc2cc(C(F)(F)F)ccc2OCCOC)nnc1-c1cccs1. The number of ether oxygens (including phenoxy) is 2. The van der Waals surface area contributed by atoms with E-state index < -0.39 is 17.6 Å². The molecule has 32 heavy (non-hydrogen) atoms. The number of alkyl halides is 3. The van der Waals surface area contributed by atoms with E-state index in [2.05, 4.69) is 15.5 Å². The number of nitrogens with one attached hydrogen (secondary N) is 1. The fraction of sp³-hybridized carbons (Fsp3) is 0.350. The predicted octanol–water partition coefficient (Wildman–Crippen LogP) is 4.80. The molecule has 0 aliphatic heterocycles. The van der Waals surface area contributed by atoms with Crippen LogP contribution in [0, 0.1) is 0 Å². The van der Waals surface area contributed by atoms with Gasteiger partial charge in [-0.2, -0.15) is 13.2 Å². The van der Waals surface area contributed by atoms with Crippen molar-refractivity contribution in [2.45, 2.75) is 24.8 Å². The van der Waals surface area contributed by atoms with Crippen LogP contribution in [0.4, 0.5) is 18.9 Å². The lowest BCUT2D eigenvalue weighted by atomic mass is 10.1. The molecule has 1 aromatic carbocycles. The summed E-state index contributed by atoms with van der Waals surface area (Å²) in [7, 11) is 1.48. The Morgan fingerprint density at radius 3 is 2.72 bits per heavy atom. The molecule has 0 saturated carbocycles. The van der Waals surface area contributed by atoms with Gasteiger partial charge < -0.3 is 19.4 Å². The Kier molecular flexibility index (Phi) is 8.15. The molecular weight excluding hydrogens is 465 g/mol. The van der Waals surface area contributed by atoms with Gasteiger partial charge in [-0.15, -0.1) is 21.5 Å². The maximum atomic E-state index is 13.1. The number of benzene rings is 1. The standard InChI is InChI=1S/C20H21F3N4O3S2/c1-3-27-18(16-5-4-10-31-16)25-26-19(27)32-12-17(28)24-14-11-13(20(21,22)23)6-7-15(14)30-9-8-29-2/h4-7,10-11H,3,8-9,12H2,1-2H3,(H,24,28). The lowest BCUT2D eigenvalue weighted by molar-refractivity contribution is -0.137. The normalized spacial score (nSPS) is 11.5. The first-order chi connectivity index (χ1) is 15.3. The molecule has 0 spiro atoms. The second-order valence-corrected chi connectivity index (χ2v) is 8.30. The van der Waals surface area contributed by atoms with E-state index in [0.29, 0.717) is 17.5 Å². The third-order valence-electron chi connectivity index (χ3n) is 4.23. The zero-order chi connectivity index (χ0) is 23.1. The van der Waals surface area contributed by atoms with Crippen molar-refractivity contribution >= 4 is 34.7 Å². The van der Waals surface area contributed by atoms with E-state index in [4.69, 9.17) is 9.47 Å². The van der Waals surface area contributed by atoms with Crippen LogP contribution < -0.4 is 10.1 Å². The van der Waals surface area contributed by atoms with Gasteiger partial charge in [-0.1, -0.05) is 17.8 Å². The van der Waals surface area contributed by atoms with Gasteiger partial charge >= 0.3 is 6.18 Å². The first-order valence-electron chi connectivity index (χ1n) is 9.56. The monoisotopic (exact) mass is 486 g/mol. The number of anilines is 1. The zero-order valence-electron chi connectivity index (χ0n) is 17.3. The third kappa shape index (κ3) is 6.02. The van der Waals surface area contributed by atoms with Crippen LogP contribution in [-0.4, -0.2) is 46.7 Å². The van der Waals surface area contributed by atoms with E-state index in [0.717, 1.165) is 28.8 Å². The van der Waals surface area contributed by atoms with E-state index in [1.165, 1.54) is 24.5 Å². The molecule has 0 aliphatic carbocycles. The Bertz CT molecular complexity index is 1040. The first kappa shape index (κ1) is 24.1. The van der Waals surface area contributed by atoms with E-state index in [1.54, 1.807) is 0 Å². The molecule has 0 bridgehead atoms. The smallest absolute Gasteiger partial charge is 0.416 e. The van der Waals surface area contributed by atoms with Gasteiger partial charge in [-0.05, 0) is 36.6 Å². The number of aromatic nitrogens is 3. The van der Waals surface area contributed by atoms with Gasteiger partial charge in [0.1, 0.15) is 12.4 Å². The van der Waals surface area contributed by atoms with Crippen molar-refractivity contribution in [2.24, 2.45) is 0 Å². The van der Waals surface area contributed by atoms with E-state index in [9.17, 15) is 18.0 Å². The van der Waals surface area contributed by atoms with Crippen molar-refractivity contribution in [3.63, 3.8) is 0 Å². The maximum Gasteiger partial charge on any atom is 0.416 e. The molecular formula is C20H21F3N4O3S2. The fourth-order valence-electron chi connectivity index (χ4n) is 2.75. The molecule has 0 radical (unpaired) electrons. The lowest BCUT2D eigenvalue weighted by Gasteiger charge is -2.15. The fourth-order valence-corrected chi connectivity index (χ4v) is 4.27. The Morgan fingerprint density at radius 1 is 1.25 bits per heavy atom.